The van der Waals surface area contributed by atoms with Crippen molar-refractivity contribution in [3.63, 3.8) is 0 Å². The third-order valence-electron chi connectivity index (χ3n) is 5.02. The number of carbonyl (C=O) groups is 1. The Hall–Kier alpha value is -2.11. The van der Waals surface area contributed by atoms with E-state index in [1.807, 2.05) is 0 Å². The quantitative estimate of drug-likeness (QED) is 0.736. The number of aliphatic hydroxyl groups excluding tert-OH is 1. The fraction of sp³-hybridized carbons (Fsp3) is 0.389. The van der Waals surface area contributed by atoms with Crippen LogP contribution in [0.5, 0.6) is 0 Å². The molecule has 2 aliphatic rings. The smallest absolute Gasteiger partial charge is 0.250 e. The number of hydrogen-bond donors (Lipinski definition) is 3. The zero-order valence-corrected chi connectivity index (χ0v) is 13.3. The summed E-state index contributed by atoms with van der Waals surface area (Å²) in [6.45, 7) is 2.16. The van der Waals surface area contributed by atoms with E-state index in [1.165, 1.54) is 16.5 Å². The second-order valence-electron chi connectivity index (χ2n) is 6.64. The number of H-pyrrole nitrogens is 1. The molecule has 0 radical (unpaired) electrons. The van der Waals surface area contributed by atoms with Gasteiger partial charge < -0.3 is 15.4 Å². The fourth-order valence-electron chi connectivity index (χ4n) is 4.00. The molecule has 1 aromatic carbocycles. The van der Waals surface area contributed by atoms with Gasteiger partial charge in [0.15, 0.2) is 0 Å². The van der Waals surface area contributed by atoms with Gasteiger partial charge in [-0.1, -0.05) is 18.2 Å². The third kappa shape index (κ3) is 2.28. The summed E-state index contributed by atoms with van der Waals surface area (Å²) in [5.74, 6) is 0.0211. The number of fused-ring (bicyclic) bond motifs is 2. The van der Waals surface area contributed by atoms with Crippen molar-refractivity contribution in [1.82, 2.24) is 15.2 Å². The molecule has 0 saturated carbocycles. The van der Waals surface area contributed by atoms with Crippen molar-refractivity contribution in [1.29, 1.82) is 0 Å². The molecule has 5 nitrogen and oxygen atoms in total. The fourth-order valence-corrected chi connectivity index (χ4v) is 4.00. The second-order valence-corrected chi connectivity index (χ2v) is 6.64. The number of aromatic amines is 1. The lowest BCUT2D eigenvalue weighted by atomic mass is 9.76. The Bertz CT molecular complexity index is 806. The first-order valence-corrected chi connectivity index (χ1v) is 8.03. The Morgan fingerprint density at radius 3 is 3.09 bits per heavy atom. The van der Waals surface area contributed by atoms with E-state index >= 15 is 0 Å². The molecule has 4 rings (SSSR count). The maximum Gasteiger partial charge on any atom is 0.250 e. The molecule has 1 aromatic heterocycles. The van der Waals surface area contributed by atoms with Crippen LogP contribution in [0, 0.1) is 0 Å². The van der Waals surface area contributed by atoms with Crippen LogP contribution in [0.3, 0.4) is 0 Å². The number of nitrogens with zero attached hydrogens (tertiary/aromatic N) is 1. The van der Waals surface area contributed by atoms with Gasteiger partial charge in [0.05, 0.1) is 0 Å². The Kier molecular flexibility index (Phi) is 3.28. The molecule has 1 aliphatic carbocycles. The minimum atomic E-state index is -0.836. The lowest BCUT2D eigenvalue weighted by molar-refractivity contribution is -0.120. The Labute approximate surface area is 135 Å². The Balaban J connectivity index is 1.79. The van der Waals surface area contributed by atoms with Crippen LogP contribution in [0.1, 0.15) is 24.0 Å². The molecule has 3 N–H and O–H groups in total. The van der Waals surface area contributed by atoms with Gasteiger partial charge in [0.25, 0.3) is 0 Å². The Morgan fingerprint density at radius 2 is 2.30 bits per heavy atom. The highest BCUT2D eigenvalue weighted by atomic mass is 16.3. The number of rotatable bonds is 2. The largest absolute Gasteiger partial charge is 0.374 e. The van der Waals surface area contributed by atoms with Gasteiger partial charge in [-0.25, -0.2) is 0 Å². The van der Waals surface area contributed by atoms with Gasteiger partial charge in [-0.05, 0) is 37.6 Å². The topological polar surface area (TPSA) is 68.4 Å². The highest BCUT2D eigenvalue weighted by Crippen LogP contribution is 2.41. The zero-order chi connectivity index (χ0) is 16.1. The van der Waals surface area contributed by atoms with Crippen LogP contribution in [0.15, 0.2) is 36.0 Å². The molecule has 23 heavy (non-hydrogen) atoms. The van der Waals surface area contributed by atoms with Crippen molar-refractivity contribution >= 4 is 16.8 Å². The molecule has 5 heteroatoms. The standard InChI is InChI=1S/C18H21N3O2/c1-10(22)20-18(23)12-6-14-13-4-3-5-15-17(13)11(8-19-15)7-16(14)21(2)9-12/h3-6,8,10,14,16,19,22H,7,9H2,1-2H3,(H,20,23)/t10?,14?,16-/m1/s1. The summed E-state index contributed by atoms with van der Waals surface area (Å²) < 4.78 is 0. The number of aromatic nitrogens is 1. The minimum absolute atomic E-state index is 0.183. The van der Waals surface area contributed by atoms with Gasteiger partial charge in [-0.2, -0.15) is 0 Å². The molecular formula is C18H21N3O2. The van der Waals surface area contributed by atoms with Gasteiger partial charge in [0, 0.05) is 41.2 Å². The minimum Gasteiger partial charge on any atom is -0.374 e. The van der Waals surface area contributed by atoms with Crippen LogP contribution in [0.4, 0.5) is 0 Å². The van der Waals surface area contributed by atoms with E-state index in [-0.39, 0.29) is 11.8 Å². The SMILES string of the molecule is CC(O)NC(=O)C1=CC2c3cccc4[nH]cc(c34)C[C@H]2N(C)C1. The first kappa shape index (κ1) is 14.5. The molecule has 2 unspecified atom stereocenters. The van der Waals surface area contributed by atoms with E-state index in [2.05, 4.69) is 52.7 Å². The van der Waals surface area contributed by atoms with Crippen molar-refractivity contribution in [2.75, 3.05) is 13.6 Å². The number of likely N-dealkylation sites (N-methyl/N-ethyl adjacent to an activating group) is 1. The van der Waals surface area contributed by atoms with Crippen LogP contribution >= 0.6 is 0 Å². The summed E-state index contributed by atoms with van der Waals surface area (Å²) in [5.41, 5.74) is 4.52. The summed E-state index contributed by atoms with van der Waals surface area (Å²) in [4.78, 5) is 17.9. The monoisotopic (exact) mass is 311 g/mol. The van der Waals surface area contributed by atoms with Crippen LogP contribution in [0.2, 0.25) is 0 Å². The van der Waals surface area contributed by atoms with Crippen LogP contribution in [0.25, 0.3) is 10.9 Å². The maximum absolute atomic E-state index is 12.3. The highest BCUT2D eigenvalue weighted by Gasteiger charge is 2.36. The number of amides is 1. The number of benzene rings is 1. The molecule has 120 valence electrons. The van der Waals surface area contributed by atoms with Crippen LogP contribution in [-0.2, 0) is 11.2 Å². The highest BCUT2D eigenvalue weighted by molar-refractivity contribution is 5.95. The number of aliphatic hydroxyl groups is 1. The first-order chi connectivity index (χ1) is 11.0. The summed E-state index contributed by atoms with van der Waals surface area (Å²) in [7, 11) is 2.07. The zero-order valence-electron chi connectivity index (χ0n) is 13.3. The molecule has 1 aliphatic heterocycles. The van der Waals surface area contributed by atoms with Crippen LogP contribution in [-0.4, -0.2) is 46.8 Å². The molecule has 1 amide bonds. The van der Waals surface area contributed by atoms with E-state index in [4.69, 9.17) is 0 Å². The van der Waals surface area contributed by atoms with E-state index in [9.17, 15) is 9.90 Å². The number of nitrogens with one attached hydrogen (secondary N) is 2. The third-order valence-corrected chi connectivity index (χ3v) is 5.02. The van der Waals surface area contributed by atoms with E-state index in [0.29, 0.717) is 12.6 Å². The Morgan fingerprint density at radius 1 is 1.48 bits per heavy atom. The normalized spacial score (nSPS) is 24.9. The van der Waals surface area contributed by atoms with Gasteiger partial charge in [-0.15, -0.1) is 0 Å². The van der Waals surface area contributed by atoms with Gasteiger partial charge in [0.1, 0.15) is 6.23 Å². The van der Waals surface area contributed by atoms with E-state index in [1.54, 1.807) is 6.92 Å². The number of hydrogen-bond acceptors (Lipinski definition) is 3. The summed E-state index contributed by atoms with van der Waals surface area (Å²) in [5, 5.41) is 13.3. The van der Waals surface area contributed by atoms with Crippen molar-refractivity contribution in [2.24, 2.45) is 0 Å². The van der Waals surface area contributed by atoms with Gasteiger partial charge in [0.2, 0.25) is 5.91 Å². The van der Waals surface area contributed by atoms with Crippen molar-refractivity contribution in [3.05, 3.63) is 47.2 Å². The molecule has 0 bridgehead atoms. The van der Waals surface area contributed by atoms with Gasteiger partial charge in [-0.3, -0.25) is 9.69 Å². The van der Waals surface area contributed by atoms with Crippen LogP contribution < -0.4 is 5.32 Å². The molecule has 0 fully saturated rings. The van der Waals surface area contributed by atoms with E-state index in [0.717, 1.165) is 17.5 Å². The molecule has 0 saturated heterocycles. The average molecular weight is 311 g/mol. The second kappa shape index (κ2) is 5.22. The van der Waals surface area contributed by atoms with Crippen molar-refractivity contribution < 1.29 is 9.90 Å². The molecule has 3 atom stereocenters. The average Bonchev–Trinajstić information content (AvgIpc) is 2.92. The summed E-state index contributed by atoms with van der Waals surface area (Å²) in [6.07, 6.45) is 4.35. The predicted molar refractivity (Wildman–Crippen MR) is 89.1 cm³/mol. The summed E-state index contributed by atoms with van der Waals surface area (Å²) in [6, 6.07) is 6.70. The maximum atomic E-state index is 12.3. The van der Waals surface area contributed by atoms with Gasteiger partial charge >= 0.3 is 0 Å². The predicted octanol–water partition coefficient (Wildman–Crippen LogP) is 1.50. The molecular weight excluding hydrogens is 290 g/mol. The number of carbonyl (C=O) groups excluding carboxylic acids is 1. The molecule has 0 spiro atoms. The molecule has 2 heterocycles. The lowest BCUT2D eigenvalue weighted by Gasteiger charge is -2.41. The lowest BCUT2D eigenvalue weighted by Crippen LogP contribution is -2.47. The van der Waals surface area contributed by atoms with Crippen molar-refractivity contribution in [3.8, 4) is 0 Å². The first-order valence-electron chi connectivity index (χ1n) is 8.03. The summed E-state index contributed by atoms with van der Waals surface area (Å²) >= 11 is 0. The van der Waals surface area contributed by atoms with E-state index < -0.39 is 6.23 Å². The molecule has 2 aromatic rings. The van der Waals surface area contributed by atoms with Crippen molar-refractivity contribution in [2.45, 2.75) is 31.5 Å².